The average molecular weight is 348 g/mol. The first-order valence-corrected chi connectivity index (χ1v) is 8.15. The number of oxazole rings is 1. The lowest BCUT2D eigenvalue weighted by Crippen LogP contribution is -2.13. The van der Waals surface area contributed by atoms with Gasteiger partial charge in [0.2, 0.25) is 11.7 Å². The maximum absolute atomic E-state index is 12.4. The monoisotopic (exact) mass is 347 g/mol. The predicted octanol–water partition coefficient (Wildman–Crippen LogP) is 3.80. The molecule has 0 unspecified atom stereocenters. The predicted molar refractivity (Wildman–Crippen MR) is 91.4 cm³/mol. The average Bonchev–Trinajstić information content (AvgIpc) is 3.23. The van der Waals surface area contributed by atoms with Crippen LogP contribution in [0.15, 0.2) is 22.6 Å². The van der Waals surface area contributed by atoms with Gasteiger partial charge in [-0.2, -0.15) is 0 Å². The number of carbonyl (C=O) groups excluding carboxylic acids is 2. The number of hydrogen-bond donors (Lipinski definition) is 2. The van der Waals surface area contributed by atoms with Crippen molar-refractivity contribution < 1.29 is 14.0 Å². The van der Waals surface area contributed by atoms with Crippen molar-refractivity contribution >= 4 is 34.8 Å². The Morgan fingerprint density at radius 2 is 2.08 bits per heavy atom. The molecule has 0 radical (unpaired) electrons. The number of aryl methyl sites for hydroxylation is 1. The van der Waals surface area contributed by atoms with Crippen molar-refractivity contribution in [2.45, 2.75) is 33.1 Å². The molecule has 7 heteroatoms. The standard InChI is InChI=1S/C17H18ClN3O3/c1-9-16(24-15(19-9)7-11-3-4-11)17(23)21-12-5-6-13(18)14(8-12)20-10(2)22/h5-6,8,11H,3-4,7H2,1-2H3,(H,20,22)(H,21,23). The summed E-state index contributed by atoms with van der Waals surface area (Å²) in [5, 5.41) is 5.75. The van der Waals surface area contributed by atoms with E-state index in [0.29, 0.717) is 33.9 Å². The van der Waals surface area contributed by atoms with Gasteiger partial charge in [0.15, 0.2) is 5.89 Å². The Bertz CT molecular complexity index is 796. The van der Waals surface area contributed by atoms with Crippen LogP contribution in [0.25, 0.3) is 0 Å². The van der Waals surface area contributed by atoms with Crippen LogP contribution >= 0.6 is 11.6 Å². The Kier molecular flexibility index (Phi) is 4.57. The molecule has 3 rings (SSSR count). The van der Waals surface area contributed by atoms with E-state index in [1.807, 2.05) is 0 Å². The van der Waals surface area contributed by atoms with Crippen molar-refractivity contribution in [1.82, 2.24) is 4.98 Å². The summed E-state index contributed by atoms with van der Waals surface area (Å²) in [5.74, 6) is 0.835. The normalized spacial score (nSPS) is 13.6. The first kappa shape index (κ1) is 16.5. The number of anilines is 2. The minimum absolute atomic E-state index is 0.210. The fraction of sp³-hybridized carbons (Fsp3) is 0.353. The lowest BCUT2D eigenvalue weighted by atomic mass is 10.2. The molecular weight excluding hydrogens is 330 g/mol. The van der Waals surface area contributed by atoms with Gasteiger partial charge in [-0.05, 0) is 43.9 Å². The Hall–Kier alpha value is -2.34. The van der Waals surface area contributed by atoms with Crippen molar-refractivity contribution in [2.75, 3.05) is 10.6 Å². The van der Waals surface area contributed by atoms with Crippen LogP contribution in [0.3, 0.4) is 0 Å². The molecule has 6 nitrogen and oxygen atoms in total. The molecule has 1 aromatic carbocycles. The van der Waals surface area contributed by atoms with Crippen LogP contribution in [0.1, 0.15) is 41.9 Å². The number of nitrogens with zero attached hydrogens (tertiary/aromatic N) is 1. The molecule has 1 aliphatic carbocycles. The molecule has 1 aliphatic rings. The summed E-state index contributed by atoms with van der Waals surface area (Å²) >= 11 is 6.02. The Labute approximate surface area is 144 Å². The number of hydrogen-bond acceptors (Lipinski definition) is 4. The van der Waals surface area contributed by atoms with Gasteiger partial charge in [-0.15, -0.1) is 0 Å². The molecule has 1 fully saturated rings. The molecule has 126 valence electrons. The van der Waals surface area contributed by atoms with E-state index in [2.05, 4.69) is 15.6 Å². The minimum atomic E-state index is -0.377. The van der Waals surface area contributed by atoms with E-state index in [-0.39, 0.29) is 17.6 Å². The summed E-state index contributed by atoms with van der Waals surface area (Å²) < 4.78 is 5.60. The molecule has 1 aromatic heterocycles. The topological polar surface area (TPSA) is 84.2 Å². The third kappa shape index (κ3) is 3.94. The maximum Gasteiger partial charge on any atom is 0.293 e. The molecule has 0 saturated heterocycles. The van der Waals surface area contributed by atoms with Crippen LogP contribution in [0.4, 0.5) is 11.4 Å². The molecule has 2 aromatic rings. The summed E-state index contributed by atoms with van der Waals surface area (Å²) in [4.78, 5) is 27.9. The van der Waals surface area contributed by atoms with E-state index in [9.17, 15) is 9.59 Å². The number of aromatic nitrogens is 1. The number of amides is 2. The number of halogens is 1. The van der Waals surface area contributed by atoms with E-state index < -0.39 is 0 Å². The number of carbonyl (C=O) groups is 2. The van der Waals surface area contributed by atoms with Gasteiger partial charge in [0, 0.05) is 19.0 Å². The molecule has 0 spiro atoms. The Morgan fingerprint density at radius 3 is 2.75 bits per heavy atom. The van der Waals surface area contributed by atoms with Crippen LogP contribution < -0.4 is 10.6 Å². The van der Waals surface area contributed by atoms with Gasteiger partial charge in [-0.3, -0.25) is 9.59 Å². The molecule has 0 atom stereocenters. The lowest BCUT2D eigenvalue weighted by Gasteiger charge is -2.09. The second-order valence-corrected chi connectivity index (χ2v) is 6.41. The lowest BCUT2D eigenvalue weighted by molar-refractivity contribution is -0.114. The smallest absolute Gasteiger partial charge is 0.293 e. The zero-order valence-electron chi connectivity index (χ0n) is 13.5. The molecule has 0 bridgehead atoms. The number of rotatable bonds is 5. The van der Waals surface area contributed by atoms with Gasteiger partial charge in [-0.1, -0.05) is 11.6 Å². The highest BCUT2D eigenvalue weighted by Gasteiger charge is 2.26. The van der Waals surface area contributed by atoms with Crippen LogP contribution in [0, 0.1) is 12.8 Å². The van der Waals surface area contributed by atoms with Gasteiger partial charge in [0.25, 0.3) is 5.91 Å². The maximum atomic E-state index is 12.4. The van der Waals surface area contributed by atoms with Crippen LogP contribution in [0.2, 0.25) is 5.02 Å². The summed E-state index contributed by atoms with van der Waals surface area (Å²) in [6, 6.07) is 4.86. The highest BCUT2D eigenvalue weighted by Crippen LogP contribution is 2.33. The zero-order chi connectivity index (χ0) is 17.3. The minimum Gasteiger partial charge on any atom is -0.435 e. The highest BCUT2D eigenvalue weighted by molar-refractivity contribution is 6.33. The van der Waals surface area contributed by atoms with Gasteiger partial charge in [0.05, 0.1) is 16.4 Å². The molecule has 2 amide bonds. The van der Waals surface area contributed by atoms with Crippen LogP contribution in [0.5, 0.6) is 0 Å². The van der Waals surface area contributed by atoms with E-state index in [1.54, 1.807) is 25.1 Å². The van der Waals surface area contributed by atoms with Crippen molar-refractivity contribution in [3.63, 3.8) is 0 Å². The second-order valence-electron chi connectivity index (χ2n) is 6.00. The van der Waals surface area contributed by atoms with Gasteiger partial charge in [-0.25, -0.2) is 4.98 Å². The summed E-state index contributed by atoms with van der Waals surface area (Å²) in [5.41, 5.74) is 1.51. The van der Waals surface area contributed by atoms with Crippen molar-refractivity contribution in [3.8, 4) is 0 Å². The van der Waals surface area contributed by atoms with Gasteiger partial charge >= 0.3 is 0 Å². The number of nitrogens with one attached hydrogen (secondary N) is 2. The van der Waals surface area contributed by atoms with E-state index >= 15 is 0 Å². The Morgan fingerprint density at radius 1 is 1.33 bits per heavy atom. The summed E-state index contributed by atoms with van der Waals surface area (Å²) in [7, 11) is 0. The molecule has 24 heavy (non-hydrogen) atoms. The first-order valence-electron chi connectivity index (χ1n) is 7.77. The van der Waals surface area contributed by atoms with Crippen molar-refractivity contribution in [3.05, 3.63) is 40.6 Å². The van der Waals surface area contributed by atoms with E-state index in [0.717, 1.165) is 6.42 Å². The largest absolute Gasteiger partial charge is 0.435 e. The van der Waals surface area contributed by atoms with Gasteiger partial charge < -0.3 is 15.1 Å². The van der Waals surface area contributed by atoms with Crippen molar-refractivity contribution in [2.24, 2.45) is 5.92 Å². The quantitative estimate of drug-likeness (QED) is 0.861. The zero-order valence-corrected chi connectivity index (χ0v) is 14.2. The number of benzene rings is 1. The third-order valence-electron chi connectivity index (χ3n) is 3.74. The third-order valence-corrected chi connectivity index (χ3v) is 4.07. The fourth-order valence-electron chi connectivity index (χ4n) is 2.40. The second kappa shape index (κ2) is 6.65. The summed E-state index contributed by atoms with van der Waals surface area (Å²) in [6.45, 7) is 3.14. The molecule has 1 saturated carbocycles. The first-order chi connectivity index (χ1) is 11.4. The van der Waals surface area contributed by atoms with Crippen LogP contribution in [-0.2, 0) is 11.2 Å². The molecule has 2 N–H and O–H groups in total. The van der Waals surface area contributed by atoms with Crippen LogP contribution in [-0.4, -0.2) is 16.8 Å². The van der Waals surface area contributed by atoms with E-state index in [4.69, 9.17) is 16.0 Å². The van der Waals surface area contributed by atoms with Gasteiger partial charge in [0.1, 0.15) is 0 Å². The molecule has 1 heterocycles. The van der Waals surface area contributed by atoms with E-state index in [1.165, 1.54) is 19.8 Å². The summed E-state index contributed by atoms with van der Waals surface area (Å²) in [6.07, 6.45) is 3.17. The molecular formula is C17H18ClN3O3. The Balaban J connectivity index is 1.74. The highest BCUT2D eigenvalue weighted by atomic mass is 35.5. The SMILES string of the molecule is CC(=O)Nc1cc(NC(=O)c2oc(CC3CC3)nc2C)ccc1Cl. The fourth-order valence-corrected chi connectivity index (χ4v) is 2.56. The van der Waals surface area contributed by atoms with Crippen molar-refractivity contribution in [1.29, 1.82) is 0 Å². The molecule has 0 aliphatic heterocycles.